The van der Waals surface area contributed by atoms with Crippen molar-refractivity contribution in [2.24, 2.45) is 4.99 Å². The van der Waals surface area contributed by atoms with Crippen molar-refractivity contribution in [1.29, 1.82) is 0 Å². The molecule has 0 saturated carbocycles. The van der Waals surface area contributed by atoms with E-state index in [4.69, 9.17) is 0 Å². The summed E-state index contributed by atoms with van der Waals surface area (Å²) >= 11 is 1.82. The van der Waals surface area contributed by atoms with Gasteiger partial charge in [-0.05, 0) is 45.1 Å². The lowest BCUT2D eigenvalue weighted by Gasteiger charge is -2.25. The number of likely N-dealkylation sites (N-methyl/N-ethyl adjacent to an activating group) is 1. The number of hydrogen-bond acceptors (Lipinski definition) is 3. The van der Waals surface area contributed by atoms with E-state index in [2.05, 4.69) is 84.0 Å². The minimum Gasteiger partial charge on any atom is -0.355 e. The third kappa shape index (κ3) is 5.98. The molecule has 0 amide bonds. The third-order valence-electron chi connectivity index (χ3n) is 4.00. The molecule has 0 aliphatic heterocycles. The van der Waals surface area contributed by atoms with Gasteiger partial charge in [0.1, 0.15) is 0 Å². The molecule has 0 fully saturated rings. The first kappa shape index (κ1) is 18.5. The van der Waals surface area contributed by atoms with E-state index < -0.39 is 0 Å². The van der Waals surface area contributed by atoms with Gasteiger partial charge in [-0.2, -0.15) is 0 Å². The highest BCUT2D eigenvalue weighted by Crippen LogP contribution is 2.14. The van der Waals surface area contributed by atoms with Crippen LogP contribution < -0.4 is 10.6 Å². The molecule has 5 heteroatoms. The van der Waals surface area contributed by atoms with Crippen molar-refractivity contribution in [2.75, 3.05) is 27.7 Å². The van der Waals surface area contributed by atoms with Crippen LogP contribution in [0.25, 0.3) is 0 Å². The summed E-state index contributed by atoms with van der Waals surface area (Å²) in [4.78, 5) is 9.25. The lowest BCUT2D eigenvalue weighted by atomic mass is 10.1. The Morgan fingerprint density at radius 3 is 2.46 bits per heavy atom. The van der Waals surface area contributed by atoms with E-state index in [1.165, 1.54) is 15.3 Å². The second kappa shape index (κ2) is 9.45. The van der Waals surface area contributed by atoms with Gasteiger partial charge in [0.25, 0.3) is 0 Å². The number of rotatable bonds is 7. The zero-order valence-corrected chi connectivity index (χ0v) is 15.9. The Balaban J connectivity index is 1.85. The topological polar surface area (TPSA) is 39.7 Å². The normalized spacial score (nSPS) is 13.1. The van der Waals surface area contributed by atoms with E-state index in [1.807, 2.05) is 18.4 Å². The summed E-state index contributed by atoms with van der Waals surface area (Å²) in [5.41, 5.74) is 1.36. The predicted octanol–water partition coefficient (Wildman–Crippen LogP) is 2.89. The molecule has 130 valence electrons. The van der Waals surface area contributed by atoms with Gasteiger partial charge in [-0.1, -0.05) is 30.3 Å². The predicted molar refractivity (Wildman–Crippen MR) is 105 cm³/mol. The second-order valence-electron chi connectivity index (χ2n) is 6.13. The molecule has 24 heavy (non-hydrogen) atoms. The Bertz CT molecular complexity index is 634. The van der Waals surface area contributed by atoms with Gasteiger partial charge in [0.2, 0.25) is 0 Å². The first-order valence-electron chi connectivity index (χ1n) is 8.28. The molecule has 2 rings (SSSR count). The van der Waals surface area contributed by atoms with E-state index in [0.717, 1.165) is 25.5 Å². The number of nitrogens with one attached hydrogen (secondary N) is 2. The van der Waals surface area contributed by atoms with E-state index in [9.17, 15) is 0 Å². The van der Waals surface area contributed by atoms with Crippen molar-refractivity contribution >= 4 is 17.3 Å². The van der Waals surface area contributed by atoms with Crippen molar-refractivity contribution in [3.63, 3.8) is 0 Å². The van der Waals surface area contributed by atoms with Crippen LogP contribution in [-0.2, 0) is 13.0 Å². The van der Waals surface area contributed by atoms with Gasteiger partial charge in [0, 0.05) is 29.4 Å². The van der Waals surface area contributed by atoms with Crippen LogP contribution in [0.1, 0.15) is 15.3 Å². The molecule has 2 N–H and O–H groups in total. The van der Waals surface area contributed by atoms with Gasteiger partial charge >= 0.3 is 0 Å². The number of aliphatic imine (C=N–C) groups is 1. The maximum Gasteiger partial charge on any atom is 0.191 e. The Kier molecular flexibility index (Phi) is 7.28. The Hall–Kier alpha value is -1.85. The number of aryl methyl sites for hydroxylation is 1. The van der Waals surface area contributed by atoms with Crippen molar-refractivity contribution in [3.05, 3.63) is 57.8 Å². The molecule has 4 nitrogen and oxygen atoms in total. The van der Waals surface area contributed by atoms with Crippen molar-refractivity contribution in [3.8, 4) is 0 Å². The van der Waals surface area contributed by atoms with Gasteiger partial charge in [0.15, 0.2) is 5.96 Å². The molecule has 1 heterocycles. The summed E-state index contributed by atoms with van der Waals surface area (Å²) in [5.74, 6) is 0.848. The number of guanidine groups is 1. The maximum absolute atomic E-state index is 4.33. The van der Waals surface area contributed by atoms with Crippen LogP contribution in [-0.4, -0.2) is 44.6 Å². The van der Waals surface area contributed by atoms with Crippen molar-refractivity contribution in [2.45, 2.75) is 25.9 Å². The molecule has 0 saturated heterocycles. The molecular formula is C19H28N4S. The summed E-state index contributed by atoms with van der Waals surface area (Å²) in [6.07, 6.45) is 1.02. The van der Waals surface area contributed by atoms with Crippen LogP contribution in [0.4, 0.5) is 0 Å². The van der Waals surface area contributed by atoms with Gasteiger partial charge in [0.05, 0.1) is 6.54 Å². The van der Waals surface area contributed by atoms with Crippen LogP contribution in [0.3, 0.4) is 0 Å². The third-order valence-corrected chi connectivity index (χ3v) is 5.00. The average molecular weight is 345 g/mol. The molecular weight excluding hydrogens is 316 g/mol. The van der Waals surface area contributed by atoms with Crippen molar-refractivity contribution in [1.82, 2.24) is 15.5 Å². The first-order chi connectivity index (χ1) is 11.6. The SMILES string of the molecule is CN=C(NCc1ccc(C)s1)NCC(Cc1ccccc1)N(C)C. The molecule has 1 unspecified atom stereocenters. The molecule has 0 aliphatic rings. The number of nitrogens with zero attached hydrogens (tertiary/aromatic N) is 2. The molecule has 0 spiro atoms. The van der Waals surface area contributed by atoms with Crippen LogP contribution in [0.15, 0.2) is 47.5 Å². The summed E-state index contributed by atoms with van der Waals surface area (Å²) in [6, 6.07) is 15.3. The summed E-state index contributed by atoms with van der Waals surface area (Å²) in [6.45, 7) is 3.79. The molecule has 0 aliphatic carbocycles. The fraction of sp³-hybridized carbons (Fsp3) is 0.421. The fourth-order valence-electron chi connectivity index (χ4n) is 2.51. The van der Waals surface area contributed by atoms with Crippen LogP contribution in [0, 0.1) is 6.92 Å². The van der Waals surface area contributed by atoms with Gasteiger partial charge < -0.3 is 15.5 Å². The fourth-order valence-corrected chi connectivity index (χ4v) is 3.34. The van der Waals surface area contributed by atoms with Gasteiger partial charge in [-0.25, -0.2) is 0 Å². The molecule has 2 aromatic rings. The summed E-state index contributed by atoms with van der Waals surface area (Å²) in [5, 5.41) is 6.84. The highest BCUT2D eigenvalue weighted by atomic mass is 32.1. The lowest BCUT2D eigenvalue weighted by molar-refractivity contribution is 0.290. The second-order valence-corrected chi connectivity index (χ2v) is 7.50. The first-order valence-corrected chi connectivity index (χ1v) is 9.10. The Morgan fingerprint density at radius 1 is 1.12 bits per heavy atom. The van der Waals surface area contributed by atoms with E-state index in [1.54, 1.807) is 0 Å². The Morgan fingerprint density at radius 2 is 1.88 bits per heavy atom. The lowest BCUT2D eigenvalue weighted by Crippen LogP contribution is -2.45. The molecule has 1 aromatic heterocycles. The van der Waals surface area contributed by atoms with Crippen molar-refractivity contribution < 1.29 is 0 Å². The standard InChI is InChI=1S/C19H28N4S/c1-15-10-11-18(24-15)14-22-19(20-2)21-13-17(23(3)4)12-16-8-6-5-7-9-16/h5-11,17H,12-14H2,1-4H3,(H2,20,21,22). The number of benzene rings is 1. The minimum absolute atomic E-state index is 0.412. The van der Waals surface area contributed by atoms with E-state index >= 15 is 0 Å². The van der Waals surface area contributed by atoms with E-state index in [0.29, 0.717) is 6.04 Å². The van der Waals surface area contributed by atoms with Crippen LogP contribution in [0.5, 0.6) is 0 Å². The van der Waals surface area contributed by atoms with Crippen LogP contribution in [0.2, 0.25) is 0 Å². The minimum atomic E-state index is 0.412. The Labute approximate surface area is 149 Å². The average Bonchev–Trinajstić information content (AvgIpc) is 3.00. The molecule has 0 radical (unpaired) electrons. The maximum atomic E-state index is 4.33. The van der Waals surface area contributed by atoms with Gasteiger partial charge in [-0.15, -0.1) is 11.3 Å². The van der Waals surface area contributed by atoms with E-state index in [-0.39, 0.29) is 0 Å². The highest BCUT2D eigenvalue weighted by molar-refractivity contribution is 7.11. The van der Waals surface area contributed by atoms with Crippen LogP contribution >= 0.6 is 11.3 Å². The zero-order chi connectivity index (χ0) is 17.4. The highest BCUT2D eigenvalue weighted by Gasteiger charge is 2.13. The number of hydrogen-bond donors (Lipinski definition) is 2. The monoisotopic (exact) mass is 344 g/mol. The van der Waals surface area contributed by atoms with Gasteiger partial charge in [-0.3, -0.25) is 4.99 Å². The number of thiophene rings is 1. The quantitative estimate of drug-likeness (QED) is 0.599. The smallest absolute Gasteiger partial charge is 0.191 e. The molecule has 1 atom stereocenters. The largest absolute Gasteiger partial charge is 0.355 e. The zero-order valence-electron chi connectivity index (χ0n) is 15.0. The molecule has 1 aromatic carbocycles. The summed E-state index contributed by atoms with van der Waals surface area (Å²) < 4.78 is 0. The summed E-state index contributed by atoms with van der Waals surface area (Å²) in [7, 11) is 6.07. The molecule has 0 bridgehead atoms.